The molecule has 24 heavy (non-hydrogen) atoms. The number of benzene rings is 2. The first-order valence-corrected chi connectivity index (χ1v) is 8.27. The molecule has 0 spiro atoms. The van der Waals surface area contributed by atoms with Gasteiger partial charge in [0.1, 0.15) is 6.04 Å². The van der Waals surface area contributed by atoms with Crippen LogP contribution in [0, 0.1) is 0 Å². The van der Waals surface area contributed by atoms with Gasteiger partial charge in [-0.15, -0.1) is 0 Å². The lowest BCUT2D eigenvalue weighted by atomic mass is 10.2. The molecule has 0 aliphatic carbocycles. The van der Waals surface area contributed by atoms with E-state index in [-0.39, 0.29) is 11.9 Å². The summed E-state index contributed by atoms with van der Waals surface area (Å²) < 4.78 is 5.37. The van der Waals surface area contributed by atoms with E-state index in [1.165, 1.54) is 5.69 Å². The Balaban J connectivity index is 1.55. The molecule has 1 heterocycles. The molecule has 1 aliphatic heterocycles. The SMILES string of the molecule is CC(Nc1ccc(N2CCOCC2)cc1)C(=O)Nc1ccccc1. The van der Waals surface area contributed by atoms with Crippen molar-refractivity contribution < 1.29 is 9.53 Å². The Morgan fingerprint density at radius 2 is 1.67 bits per heavy atom. The molecule has 2 aromatic rings. The van der Waals surface area contributed by atoms with Crippen molar-refractivity contribution in [3.8, 4) is 0 Å². The fourth-order valence-corrected chi connectivity index (χ4v) is 2.68. The maximum absolute atomic E-state index is 12.2. The third-order valence-electron chi connectivity index (χ3n) is 4.06. The number of nitrogens with zero attached hydrogens (tertiary/aromatic N) is 1. The lowest BCUT2D eigenvalue weighted by Gasteiger charge is -2.29. The Morgan fingerprint density at radius 1 is 1.00 bits per heavy atom. The Bertz CT molecular complexity index is 652. The van der Waals surface area contributed by atoms with E-state index in [4.69, 9.17) is 4.74 Å². The number of carbonyl (C=O) groups excluding carboxylic acids is 1. The number of ether oxygens (including phenoxy) is 1. The van der Waals surface area contributed by atoms with Gasteiger partial charge in [0.25, 0.3) is 0 Å². The fraction of sp³-hybridized carbons (Fsp3) is 0.316. The third-order valence-corrected chi connectivity index (χ3v) is 4.06. The van der Waals surface area contributed by atoms with E-state index in [1.807, 2.05) is 49.4 Å². The summed E-state index contributed by atoms with van der Waals surface area (Å²) in [6.45, 7) is 5.24. The highest BCUT2D eigenvalue weighted by atomic mass is 16.5. The highest BCUT2D eigenvalue weighted by Gasteiger charge is 2.14. The summed E-state index contributed by atoms with van der Waals surface area (Å²) in [4.78, 5) is 14.5. The zero-order valence-electron chi connectivity index (χ0n) is 13.9. The molecule has 1 aliphatic rings. The second kappa shape index (κ2) is 7.84. The molecule has 0 saturated carbocycles. The molecular weight excluding hydrogens is 302 g/mol. The van der Waals surface area contributed by atoms with Crippen LogP contribution in [0.5, 0.6) is 0 Å². The van der Waals surface area contributed by atoms with E-state index in [9.17, 15) is 4.79 Å². The average Bonchev–Trinajstić information content (AvgIpc) is 2.64. The zero-order chi connectivity index (χ0) is 16.8. The first-order chi connectivity index (χ1) is 11.7. The second-order valence-corrected chi connectivity index (χ2v) is 5.87. The first-order valence-electron chi connectivity index (χ1n) is 8.27. The Labute approximate surface area is 142 Å². The lowest BCUT2D eigenvalue weighted by molar-refractivity contribution is -0.116. The van der Waals surface area contributed by atoms with Gasteiger partial charge < -0.3 is 20.3 Å². The van der Waals surface area contributed by atoms with Crippen LogP contribution in [0.25, 0.3) is 0 Å². The molecule has 0 radical (unpaired) electrons. The van der Waals surface area contributed by atoms with Gasteiger partial charge in [-0.3, -0.25) is 4.79 Å². The van der Waals surface area contributed by atoms with Gasteiger partial charge in [-0.05, 0) is 43.3 Å². The predicted octanol–water partition coefficient (Wildman–Crippen LogP) is 2.96. The summed E-state index contributed by atoms with van der Waals surface area (Å²) in [5.41, 5.74) is 2.92. The topological polar surface area (TPSA) is 53.6 Å². The van der Waals surface area contributed by atoms with Crippen molar-refractivity contribution in [2.45, 2.75) is 13.0 Å². The van der Waals surface area contributed by atoms with Crippen LogP contribution in [-0.4, -0.2) is 38.3 Å². The number of nitrogens with one attached hydrogen (secondary N) is 2. The van der Waals surface area contributed by atoms with Crippen LogP contribution in [0.2, 0.25) is 0 Å². The molecule has 1 unspecified atom stereocenters. The standard InChI is InChI=1S/C19H23N3O2/c1-15(19(23)21-16-5-3-2-4-6-16)20-17-7-9-18(10-8-17)22-11-13-24-14-12-22/h2-10,15,20H,11-14H2,1H3,(H,21,23). The zero-order valence-corrected chi connectivity index (χ0v) is 13.9. The monoisotopic (exact) mass is 325 g/mol. The van der Waals surface area contributed by atoms with Crippen LogP contribution in [0.4, 0.5) is 17.1 Å². The van der Waals surface area contributed by atoms with E-state index in [0.29, 0.717) is 0 Å². The molecule has 3 rings (SSSR count). The molecule has 5 nitrogen and oxygen atoms in total. The Kier molecular flexibility index (Phi) is 5.33. The Hall–Kier alpha value is -2.53. The molecule has 1 amide bonds. The molecule has 0 aromatic heterocycles. The molecule has 0 bridgehead atoms. The molecule has 2 N–H and O–H groups in total. The number of anilines is 3. The minimum atomic E-state index is -0.320. The first kappa shape index (κ1) is 16.3. The van der Waals surface area contributed by atoms with Crippen molar-refractivity contribution in [2.75, 3.05) is 41.8 Å². The second-order valence-electron chi connectivity index (χ2n) is 5.87. The molecule has 1 fully saturated rings. The molecule has 2 aromatic carbocycles. The molecule has 1 atom stereocenters. The number of carbonyl (C=O) groups is 1. The molecule has 1 saturated heterocycles. The van der Waals surface area contributed by atoms with Gasteiger partial charge in [-0.1, -0.05) is 18.2 Å². The Morgan fingerprint density at radius 3 is 2.33 bits per heavy atom. The largest absolute Gasteiger partial charge is 0.378 e. The summed E-state index contributed by atoms with van der Waals surface area (Å²) in [7, 11) is 0. The van der Waals surface area contributed by atoms with E-state index in [2.05, 4.69) is 27.7 Å². The summed E-state index contributed by atoms with van der Waals surface area (Å²) in [6.07, 6.45) is 0. The van der Waals surface area contributed by atoms with Crippen molar-refractivity contribution in [1.82, 2.24) is 0 Å². The number of para-hydroxylation sites is 1. The van der Waals surface area contributed by atoms with E-state index < -0.39 is 0 Å². The number of hydrogen-bond acceptors (Lipinski definition) is 4. The van der Waals surface area contributed by atoms with Gasteiger partial charge in [0.2, 0.25) is 5.91 Å². The van der Waals surface area contributed by atoms with Crippen molar-refractivity contribution in [3.05, 3.63) is 54.6 Å². The minimum absolute atomic E-state index is 0.0570. The van der Waals surface area contributed by atoms with Crippen LogP contribution in [0.3, 0.4) is 0 Å². The summed E-state index contributed by atoms with van der Waals surface area (Å²) in [6, 6.07) is 17.3. The van der Waals surface area contributed by atoms with Crippen molar-refractivity contribution in [2.24, 2.45) is 0 Å². The number of rotatable bonds is 5. The normalized spacial score (nSPS) is 15.6. The summed E-state index contributed by atoms with van der Waals surface area (Å²) >= 11 is 0. The number of morpholine rings is 1. The van der Waals surface area contributed by atoms with Crippen LogP contribution in [0.15, 0.2) is 54.6 Å². The lowest BCUT2D eigenvalue weighted by Crippen LogP contribution is -2.36. The maximum atomic E-state index is 12.2. The molecular formula is C19H23N3O2. The predicted molar refractivity (Wildman–Crippen MR) is 97.6 cm³/mol. The summed E-state index contributed by atoms with van der Waals surface area (Å²) in [5.74, 6) is -0.0570. The van der Waals surface area contributed by atoms with Gasteiger partial charge in [0.05, 0.1) is 13.2 Å². The van der Waals surface area contributed by atoms with E-state index in [1.54, 1.807) is 0 Å². The van der Waals surface area contributed by atoms with Gasteiger partial charge in [0.15, 0.2) is 0 Å². The van der Waals surface area contributed by atoms with Crippen molar-refractivity contribution in [1.29, 1.82) is 0 Å². The number of hydrogen-bond donors (Lipinski definition) is 2. The van der Waals surface area contributed by atoms with Crippen LogP contribution >= 0.6 is 0 Å². The van der Waals surface area contributed by atoms with Crippen LogP contribution in [-0.2, 0) is 9.53 Å². The van der Waals surface area contributed by atoms with Crippen LogP contribution < -0.4 is 15.5 Å². The number of amides is 1. The van der Waals surface area contributed by atoms with Gasteiger partial charge >= 0.3 is 0 Å². The van der Waals surface area contributed by atoms with Gasteiger partial charge in [0, 0.05) is 30.2 Å². The highest BCUT2D eigenvalue weighted by molar-refractivity contribution is 5.96. The molecule has 126 valence electrons. The van der Waals surface area contributed by atoms with Crippen LogP contribution in [0.1, 0.15) is 6.92 Å². The summed E-state index contributed by atoms with van der Waals surface area (Å²) in [5, 5.41) is 6.14. The van der Waals surface area contributed by atoms with Crippen molar-refractivity contribution in [3.63, 3.8) is 0 Å². The maximum Gasteiger partial charge on any atom is 0.246 e. The van der Waals surface area contributed by atoms with E-state index in [0.717, 1.165) is 37.7 Å². The van der Waals surface area contributed by atoms with E-state index >= 15 is 0 Å². The highest BCUT2D eigenvalue weighted by Crippen LogP contribution is 2.19. The average molecular weight is 325 g/mol. The van der Waals surface area contributed by atoms with Gasteiger partial charge in [-0.2, -0.15) is 0 Å². The minimum Gasteiger partial charge on any atom is -0.378 e. The van der Waals surface area contributed by atoms with Crippen molar-refractivity contribution >= 4 is 23.0 Å². The van der Waals surface area contributed by atoms with Gasteiger partial charge in [-0.25, -0.2) is 0 Å². The smallest absolute Gasteiger partial charge is 0.246 e. The quantitative estimate of drug-likeness (QED) is 0.887. The third kappa shape index (κ3) is 4.26. The fourth-order valence-electron chi connectivity index (χ4n) is 2.68. The molecule has 5 heteroatoms.